The van der Waals surface area contributed by atoms with E-state index in [2.05, 4.69) is 26.3 Å². The van der Waals surface area contributed by atoms with Crippen LogP contribution in [0.25, 0.3) is 22.2 Å². The molecule has 1 atom stereocenters. The van der Waals surface area contributed by atoms with E-state index in [0.717, 1.165) is 31.1 Å². The monoisotopic (exact) mass is 520 g/mol. The van der Waals surface area contributed by atoms with Gasteiger partial charge >= 0.3 is 0 Å². The summed E-state index contributed by atoms with van der Waals surface area (Å²) >= 11 is 0. The first kappa shape index (κ1) is 25.3. The van der Waals surface area contributed by atoms with Crippen molar-refractivity contribution in [2.24, 2.45) is 11.8 Å². The maximum absolute atomic E-state index is 14.5. The molecule has 1 unspecified atom stereocenters. The number of halogens is 3. The van der Waals surface area contributed by atoms with Crippen LogP contribution in [-0.2, 0) is 10.2 Å². The Kier molecular flexibility index (Phi) is 7.13. The first-order valence-corrected chi connectivity index (χ1v) is 13.9. The lowest BCUT2D eigenvalue weighted by Crippen LogP contribution is -2.43. The summed E-state index contributed by atoms with van der Waals surface area (Å²) in [6, 6.07) is 8.03. The average Bonchev–Trinajstić information content (AvgIpc) is 3.37. The van der Waals surface area contributed by atoms with Crippen molar-refractivity contribution in [2.45, 2.75) is 32.1 Å². The number of aromatic amines is 1. The third-order valence-corrected chi connectivity index (χ3v) is 8.56. The van der Waals surface area contributed by atoms with E-state index in [9.17, 15) is 21.6 Å². The molecule has 10 heteroatoms. The SMILES string of the molecule is CC1CCN(CCNS(=O)(=O)NCC2CC(c3c(-c4ccc(F)cc4)[nH]c4c(F)cc(F)cc34)C2)C1. The molecule has 2 heterocycles. The molecule has 3 aromatic rings. The Morgan fingerprint density at radius 2 is 1.81 bits per heavy atom. The maximum Gasteiger partial charge on any atom is 0.276 e. The van der Waals surface area contributed by atoms with Crippen LogP contribution >= 0.6 is 0 Å². The smallest absolute Gasteiger partial charge is 0.276 e. The molecule has 1 aliphatic heterocycles. The molecular weight excluding hydrogens is 489 g/mol. The quantitative estimate of drug-likeness (QED) is 0.389. The Bertz CT molecular complexity index is 1340. The number of rotatable bonds is 9. The molecule has 194 valence electrons. The number of H-pyrrole nitrogens is 1. The molecule has 1 saturated carbocycles. The molecule has 0 spiro atoms. The summed E-state index contributed by atoms with van der Waals surface area (Å²) in [5.41, 5.74) is 2.32. The highest BCUT2D eigenvalue weighted by Gasteiger charge is 2.35. The largest absolute Gasteiger partial charge is 0.352 e. The molecule has 0 bridgehead atoms. The van der Waals surface area contributed by atoms with Gasteiger partial charge in [-0.15, -0.1) is 0 Å². The van der Waals surface area contributed by atoms with E-state index in [-0.39, 0.29) is 23.2 Å². The standard InChI is InChI=1S/C26H31F3N4O2S/c1-16-6-8-33(15-16)9-7-30-36(34,35)31-14-17-10-19(11-17)24-22-12-21(28)13-23(29)26(22)32-25(24)18-2-4-20(27)5-3-18/h2-5,12-13,16-17,19,30-32H,6-11,14-15H2,1H3. The molecule has 3 N–H and O–H groups in total. The van der Waals surface area contributed by atoms with Crippen molar-refractivity contribution in [3.05, 3.63) is 59.4 Å². The van der Waals surface area contributed by atoms with E-state index in [0.29, 0.717) is 55.0 Å². The highest BCUT2D eigenvalue weighted by atomic mass is 32.2. The Labute approximate surface area is 209 Å². The third kappa shape index (κ3) is 5.46. The number of aromatic nitrogens is 1. The number of nitrogens with zero attached hydrogens (tertiary/aromatic N) is 1. The topological polar surface area (TPSA) is 77.2 Å². The molecular formula is C26H31F3N4O2S. The number of fused-ring (bicyclic) bond motifs is 1. The molecule has 1 saturated heterocycles. The van der Waals surface area contributed by atoms with Gasteiger partial charge in [-0.2, -0.15) is 8.42 Å². The third-order valence-electron chi connectivity index (χ3n) is 7.43. The van der Waals surface area contributed by atoms with Crippen molar-refractivity contribution in [2.75, 3.05) is 32.7 Å². The molecule has 1 aromatic heterocycles. The zero-order valence-corrected chi connectivity index (χ0v) is 21.0. The van der Waals surface area contributed by atoms with Crippen LogP contribution in [0.15, 0.2) is 36.4 Å². The summed E-state index contributed by atoms with van der Waals surface area (Å²) < 4.78 is 72.1. The van der Waals surface area contributed by atoms with E-state index >= 15 is 0 Å². The zero-order valence-electron chi connectivity index (χ0n) is 20.2. The van der Waals surface area contributed by atoms with Gasteiger partial charge in [-0.25, -0.2) is 22.6 Å². The van der Waals surface area contributed by atoms with Crippen molar-refractivity contribution in [3.63, 3.8) is 0 Å². The van der Waals surface area contributed by atoms with Gasteiger partial charge in [0.25, 0.3) is 10.2 Å². The highest BCUT2D eigenvalue weighted by Crippen LogP contribution is 2.48. The summed E-state index contributed by atoms with van der Waals surface area (Å²) in [6.45, 7) is 5.55. The Morgan fingerprint density at radius 1 is 1.06 bits per heavy atom. The van der Waals surface area contributed by atoms with Crippen molar-refractivity contribution < 1.29 is 21.6 Å². The summed E-state index contributed by atoms with van der Waals surface area (Å²) in [6.07, 6.45) is 2.49. The minimum atomic E-state index is -3.60. The van der Waals surface area contributed by atoms with Gasteiger partial charge in [0.2, 0.25) is 0 Å². The van der Waals surface area contributed by atoms with Gasteiger partial charge in [0.05, 0.1) is 11.2 Å². The van der Waals surface area contributed by atoms with Gasteiger partial charge in [0.1, 0.15) is 17.5 Å². The molecule has 0 radical (unpaired) electrons. The second kappa shape index (κ2) is 10.2. The van der Waals surface area contributed by atoms with Crippen molar-refractivity contribution in [1.29, 1.82) is 0 Å². The predicted octanol–water partition coefficient (Wildman–Crippen LogP) is 4.51. The van der Waals surface area contributed by atoms with E-state index in [4.69, 9.17) is 0 Å². The van der Waals surface area contributed by atoms with Gasteiger partial charge in [0, 0.05) is 37.6 Å². The van der Waals surface area contributed by atoms with E-state index in [1.807, 2.05) is 0 Å². The van der Waals surface area contributed by atoms with Crippen molar-refractivity contribution in [3.8, 4) is 11.3 Å². The van der Waals surface area contributed by atoms with E-state index in [1.165, 1.54) is 18.2 Å². The average molecular weight is 521 g/mol. The molecule has 36 heavy (non-hydrogen) atoms. The number of nitrogens with one attached hydrogen (secondary N) is 3. The van der Waals surface area contributed by atoms with Crippen LogP contribution < -0.4 is 9.44 Å². The summed E-state index contributed by atoms with van der Waals surface area (Å²) in [7, 11) is -3.60. The Hall–Kier alpha value is -2.40. The van der Waals surface area contributed by atoms with Crippen molar-refractivity contribution in [1.82, 2.24) is 19.3 Å². The lowest BCUT2D eigenvalue weighted by Gasteiger charge is -2.36. The van der Waals surface area contributed by atoms with Gasteiger partial charge < -0.3 is 9.88 Å². The first-order chi connectivity index (χ1) is 17.2. The lowest BCUT2D eigenvalue weighted by molar-refractivity contribution is 0.266. The van der Waals surface area contributed by atoms with Crippen molar-refractivity contribution >= 4 is 21.1 Å². The fourth-order valence-corrected chi connectivity index (χ4v) is 6.41. The zero-order chi connectivity index (χ0) is 25.4. The molecule has 2 aliphatic rings. The van der Waals surface area contributed by atoms with Crippen LogP contribution in [0.3, 0.4) is 0 Å². The second-order valence-electron chi connectivity index (χ2n) is 10.2. The van der Waals surface area contributed by atoms with Gasteiger partial charge in [-0.1, -0.05) is 6.92 Å². The van der Waals surface area contributed by atoms with Crippen LogP contribution in [0.4, 0.5) is 13.2 Å². The molecule has 5 rings (SSSR count). The first-order valence-electron chi connectivity index (χ1n) is 12.4. The minimum absolute atomic E-state index is 0.000349. The molecule has 1 aliphatic carbocycles. The molecule has 2 aromatic carbocycles. The molecule has 2 fully saturated rings. The fourth-order valence-electron chi connectivity index (χ4n) is 5.49. The van der Waals surface area contributed by atoms with Crippen LogP contribution in [0.1, 0.15) is 37.7 Å². The van der Waals surface area contributed by atoms with Gasteiger partial charge in [-0.3, -0.25) is 0 Å². The van der Waals surface area contributed by atoms with Gasteiger partial charge in [-0.05, 0) is 85.0 Å². The van der Waals surface area contributed by atoms with E-state index in [1.54, 1.807) is 12.1 Å². The molecule has 6 nitrogen and oxygen atoms in total. The molecule has 0 amide bonds. The van der Waals surface area contributed by atoms with Crippen LogP contribution in [0, 0.1) is 29.3 Å². The number of hydrogen-bond donors (Lipinski definition) is 3. The van der Waals surface area contributed by atoms with Crippen LogP contribution in [0.5, 0.6) is 0 Å². The minimum Gasteiger partial charge on any atom is -0.352 e. The van der Waals surface area contributed by atoms with Crippen LogP contribution in [0.2, 0.25) is 0 Å². The van der Waals surface area contributed by atoms with Gasteiger partial charge in [0.15, 0.2) is 0 Å². The van der Waals surface area contributed by atoms with E-state index < -0.39 is 21.8 Å². The summed E-state index contributed by atoms with van der Waals surface area (Å²) in [5.74, 6) is -0.968. The number of hydrogen-bond acceptors (Lipinski definition) is 3. The van der Waals surface area contributed by atoms with Crippen LogP contribution in [-0.4, -0.2) is 51.0 Å². The summed E-state index contributed by atoms with van der Waals surface area (Å²) in [5, 5.41) is 0.466. The number of likely N-dealkylation sites (tertiary alicyclic amines) is 1. The Balaban J connectivity index is 1.23. The normalized spacial score (nSPS) is 22.8. The predicted molar refractivity (Wildman–Crippen MR) is 134 cm³/mol. The number of benzene rings is 2. The summed E-state index contributed by atoms with van der Waals surface area (Å²) in [4.78, 5) is 5.33. The fraction of sp³-hybridized carbons (Fsp3) is 0.462. The second-order valence-corrected chi connectivity index (χ2v) is 11.8. The highest BCUT2D eigenvalue weighted by molar-refractivity contribution is 7.87. The Morgan fingerprint density at radius 3 is 2.50 bits per heavy atom. The lowest BCUT2D eigenvalue weighted by atomic mass is 9.70. The maximum atomic E-state index is 14.5.